The molecule has 0 saturated carbocycles. The van der Waals surface area contributed by atoms with Crippen LogP contribution in [-0.2, 0) is 11.3 Å². The monoisotopic (exact) mass is 434 g/mol. The van der Waals surface area contributed by atoms with Crippen LogP contribution in [0.4, 0.5) is 0 Å². The summed E-state index contributed by atoms with van der Waals surface area (Å²) in [4.78, 5) is 46.5. The average molecular weight is 434 g/mol. The molecule has 8 nitrogen and oxygen atoms in total. The fourth-order valence-corrected chi connectivity index (χ4v) is 4.00. The molecule has 0 N–H and O–H groups in total. The van der Waals surface area contributed by atoms with E-state index in [1.54, 1.807) is 54.2 Å². The van der Waals surface area contributed by atoms with Gasteiger partial charge >= 0.3 is 0 Å². The summed E-state index contributed by atoms with van der Waals surface area (Å²) in [5.74, 6) is 0.941. The van der Waals surface area contributed by atoms with E-state index in [0.29, 0.717) is 54.2 Å². The molecule has 0 atom stereocenters. The number of carbonyl (C=O) groups excluding carboxylic acids is 2. The molecule has 1 aliphatic heterocycles. The fraction of sp³-hybridized carbons (Fsp3) is 0.333. The van der Waals surface area contributed by atoms with Gasteiger partial charge in [0.05, 0.1) is 18.0 Å². The van der Waals surface area contributed by atoms with Crippen LogP contribution in [0.5, 0.6) is 5.75 Å². The average Bonchev–Trinajstić information content (AvgIpc) is 2.81. The number of piperazine rings is 1. The number of methoxy groups -OCH3 is 1. The molecule has 166 valence electrons. The van der Waals surface area contributed by atoms with Crippen LogP contribution >= 0.6 is 0 Å². The van der Waals surface area contributed by atoms with Crippen LogP contribution < -0.4 is 10.3 Å². The van der Waals surface area contributed by atoms with Crippen molar-refractivity contribution in [1.29, 1.82) is 0 Å². The molecule has 1 aliphatic rings. The highest BCUT2D eigenvalue weighted by Crippen LogP contribution is 2.20. The van der Waals surface area contributed by atoms with Gasteiger partial charge < -0.3 is 14.5 Å². The lowest BCUT2D eigenvalue weighted by molar-refractivity contribution is -0.133. The van der Waals surface area contributed by atoms with Crippen LogP contribution in [0.15, 0.2) is 47.3 Å². The number of nitrogens with zero attached hydrogens (tertiary/aromatic N) is 4. The van der Waals surface area contributed by atoms with Gasteiger partial charge in [0, 0.05) is 31.7 Å². The third-order valence-electron chi connectivity index (χ3n) is 5.92. The maximum absolute atomic E-state index is 12.9. The number of fused-ring (bicyclic) bond motifs is 1. The fourth-order valence-electron chi connectivity index (χ4n) is 4.00. The SMILES string of the molecule is COc1cc(C(=O)N2CCN(C(=O)Cn3c(C)nc4ccccc4c3=O)CC2)ccc1C. The van der Waals surface area contributed by atoms with Crippen molar-refractivity contribution in [2.24, 2.45) is 0 Å². The number of rotatable bonds is 4. The molecular formula is C24H26N4O4. The lowest BCUT2D eigenvalue weighted by Crippen LogP contribution is -2.51. The minimum Gasteiger partial charge on any atom is -0.496 e. The maximum atomic E-state index is 12.9. The van der Waals surface area contributed by atoms with Gasteiger partial charge in [-0.25, -0.2) is 4.98 Å². The van der Waals surface area contributed by atoms with Crippen LogP contribution in [0.2, 0.25) is 0 Å². The molecule has 2 aromatic carbocycles. The predicted octanol–water partition coefficient (Wildman–Crippen LogP) is 2.01. The Balaban J connectivity index is 1.43. The summed E-state index contributed by atoms with van der Waals surface area (Å²) in [5, 5.41) is 0.495. The molecule has 0 spiro atoms. The van der Waals surface area contributed by atoms with E-state index in [1.165, 1.54) is 4.57 Å². The Morgan fingerprint density at radius 3 is 2.41 bits per heavy atom. The molecule has 2 amide bonds. The molecule has 1 saturated heterocycles. The van der Waals surface area contributed by atoms with Crippen LogP contribution in [0.25, 0.3) is 10.9 Å². The lowest BCUT2D eigenvalue weighted by atomic mass is 10.1. The number of aromatic nitrogens is 2. The summed E-state index contributed by atoms with van der Waals surface area (Å²) in [6, 6.07) is 12.5. The Morgan fingerprint density at radius 1 is 1.00 bits per heavy atom. The highest BCUT2D eigenvalue weighted by Gasteiger charge is 2.26. The summed E-state index contributed by atoms with van der Waals surface area (Å²) in [7, 11) is 1.58. The molecule has 4 rings (SSSR count). The first-order valence-corrected chi connectivity index (χ1v) is 10.6. The van der Waals surface area contributed by atoms with E-state index in [1.807, 2.05) is 19.1 Å². The van der Waals surface area contributed by atoms with Crippen molar-refractivity contribution >= 4 is 22.7 Å². The number of hydrogen-bond donors (Lipinski definition) is 0. The highest BCUT2D eigenvalue weighted by molar-refractivity contribution is 5.95. The van der Waals surface area contributed by atoms with Crippen molar-refractivity contribution in [3.8, 4) is 5.75 Å². The van der Waals surface area contributed by atoms with E-state index >= 15 is 0 Å². The summed E-state index contributed by atoms with van der Waals surface area (Å²) >= 11 is 0. The zero-order chi connectivity index (χ0) is 22.8. The zero-order valence-corrected chi connectivity index (χ0v) is 18.5. The second-order valence-electron chi connectivity index (χ2n) is 7.92. The Morgan fingerprint density at radius 2 is 1.69 bits per heavy atom. The van der Waals surface area contributed by atoms with Crippen molar-refractivity contribution in [1.82, 2.24) is 19.4 Å². The Bertz CT molecular complexity index is 1240. The molecule has 0 aliphatic carbocycles. The predicted molar refractivity (Wildman–Crippen MR) is 121 cm³/mol. The van der Waals surface area contributed by atoms with E-state index in [9.17, 15) is 14.4 Å². The van der Waals surface area contributed by atoms with E-state index in [4.69, 9.17) is 4.74 Å². The highest BCUT2D eigenvalue weighted by atomic mass is 16.5. The number of aryl methyl sites for hydroxylation is 2. The third-order valence-corrected chi connectivity index (χ3v) is 5.92. The minimum atomic E-state index is -0.219. The normalized spacial score (nSPS) is 14.0. The Hall–Kier alpha value is -3.68. The molecule has 1 aromatic heterocycles. The number of carbonyl (C=O) groups is 2. The molecule has 0 unspecified atom stereocenters. The topological polar surface area (TPSA) is 84.7 Å². The van der Waals surface area contributed by atoms with Crippen LogP contribution in [0.3, 0.4) is 0 Å². The van der Waals surface area contributed by atoms with Gasteiger partial charge in [-0.05, 0) is 43.7 Å². The number of hydrogen-bond acceptors (Lipinski definition) is 5. The first-order chi connectivity index (χ1) is 15.4. The molecule has 1 fully saturated rings. The molecule has 2 heterocycles. The summed E-state index contributed by atoms with van der Waals surface area (Å²) < 4.78 is 6.74. The van der Waals surface area contributed by atoms with E-state index < -0.39 is 0 Å². The van der Waals surface area contributed by atoms with Crippen molar-refractivity contribution in [2.45, 2.75) is 20.4 Å². The number of amides is 2. The van der Waals surface area contributed by atoms with Gasteiger partial charge in [-0.3, -0.25) is 19.0 Å². The van der Waals surface area contributed by atoms with Gasteiger partial charge in [-0.15, -0.1) is 0 Å². The van der Waals surface area contributed by atoms with Crippen molar-refractivity contribution in [3.63, 3.8) is 0 Å². The Labute approximate surface area is 186 Å². The second kappa shape index (κ2) is 8.82. The molecule has 0 bridgehead atoms. The van der Waals surface area contributed by atoms with E-state index in [-0.39, 0.29) is 23.9 Å². The quantitative estimate of drug-likeness (QED) is 0.627. The first-order valence-electron chi connectivity index (χ1n) is 10.6. The van der Waals surface area contributed by atoms with Crippen LogP contribution in [-0.4, -0.2) is 64.5 Å². The van der Waals surface area contributed by atoms with Crippen molar-refractivity contribution in [2.75, 3.05) is 33.3 Å². The smallest absolute Gasteiger partial charge is 0.261 e. The number of ether oxygens (including phenoxy) is 1. The molecule has 32 heavy (non-hydrogen) atoms. The largest absolute Gasteiger partial charge is 0.496 e. The van der Waals surface area contributed by atoms with E-state index in [0.717, 1.165) is 5.56 Å². The number of para-hydroxylation sites is 1. The van der Waals surface area contributed by atoms with Gasteiger partial charge in [0.15, 0.2) is 0 Å². The summed E-state index contributed by atoms with van der Waals surface area (Å²) in [5.41, 5.74) is 1.94. The summed E-state index contributed by atoms with van der Waals surface area (Å²) in [6.45, 7) is 5.30. The molecule has 8 heteroatoms. The van der Waals surface area contributed by atoms with Gasteiger partial charge in [0.1, 0.15) is 18.1 Å². The van der Waals surface area contributed by atoms with Gasteiger partial charge in [0.25, 0.3) is 11.5 Å². The first kappa shape index (κ1) is 21.5. The molecule has 3 aromatic rings. The maximum Gasteiger partial charge on any atom is 0.261 e. The zero-order valence-electron chi connectivity index (χ0n) is 18.5. The molecular weight excluding hydrogens is 408 g/mol. The molecule has 0 radical (unpaired) electrons. The van der Waals surface area contributed by atoms with Gasteiger partial charge in [0.2, 0.25) is 5.91 Å². The Kier molecular flexibility index (Phi) is 5.94. The van der Waals surface area contributed by atoms with Crippen molar-refractivity contribution < 1.29 is 14.3 Å². The van der Waals surface area contributed by atoms with Gasteiger partial charge in [-0.2, -0.15) is 0 Å². The second-order valence-corrected chi connectivity index (χ2v) is 7.92. The lowest BCUT2D eigenvalue weighted by Gasteiger charge is -2.35. The summed E-state index contributed by atoms with van der Waals surface area (Å²) in [6.07, 6.45) is 0. The third kappa shape index (κ3) is 4.08. The van der Waals surface area contributed by atoms with Crippen molar-refractivity contribution in [3.05, 3.63) is 69.8 Å². The van der Waals surface area contributed by atoms with E-state index in [2.05, 4.69) is 4.98 Å². The van der Waals surface area contributed by atoms with Gasteiger partial charge in [-0.1, -0.05) is 18.2 Å². The van der Waals surface area contributed by atoms with Crippen LogP contribution in [0.1, 0.15) is 21.7 Å². The number of benzene rings is 2. The minimum absolute atomic E-state index is 0.0639. The standard InChI is InChI=1S/C24H26N4O4/c1-16-8-9-18(14-21(16)32-3)23(30)27-12-10-26(11-13-27)22(29)15-28-17(2)25-20-7-5-4-6-19(20)24(28)31/h4-9,14H,10-13,15H2,1-3H3. The van der Waals surface area contributed by atoms with Crippen LogP contribution in [0, 0.1) is 13.8 Å².